The summed E-state index contributed by atoms with van der Waals surface area (Å²) in [6.45, 7) is 1.38. The lowest BCUT2D eigenvalue weighted by atomic mass is 9.94. The second kappa shape index (κ2) is 6.85. The molecule has 5 rings (SSSR count). The summed E-state index contributed by atoms with van der Waals surface area (Å²) in [5.74, 6) is 0.340. The molecule has 0 unspecified atom stereocenters. The SMILES string of the molecule is O=C(c1cc(-c2cccnc2)nc2ccccc12)N1CC(c2ccccn2)C1. The van der Waals surface area contributed by atoms with Crippen LogP contribution in [0.2, 0.25) is 0 Å². The number of pyridine rings is 3. The Hall–Kier alpha value is -3.60. The lowest BCUT2D eigenvalue weighted by Gasteiger charge is -2.39. The van der Waals surface area contributed by atoms with E-state index in [1.165, 1.54) is 0 Å². The van der Waals surface area contributed by atoms with Crippen LogP contribution in [0.15, 0.2) is 79.3 Å². The molecule has 3 aromatic heterocycles. The third-order valence-corrected chi connectivity index (χ3v) is 5.18. The Labute approximate surface area is 162 Å². The summed E-state index contributed by atoms with van der Waals surface area (Å²) in [4.78, 5) is 28.5. The summed E-state index contributed by atoms with van der Waals surface area (Å²) < 4.78 is 0. The number of nitrogens with zero attached hydrogens (tertiary/aromatic N) is 4. The molecule has 5 heteroatoms. The summed E-state index contributed by atoms with van der Waals surface area (Å²) in [5, 5.41) is 0.876. The van der Waals surface area contributed by atoms with Gasteiger partial charge in [0, 0.05) is 54.2 Å². The molecule has 5 nitrogen and oxygen atoms in total. The maximum Gasteiger partial charge on any atom is 0.254 e. The molecule has 136 valence electrons. The Kier molecular flexibility index (Phi) is 4.05. The molecule has 1 aliphatic heterocycles. The average molecular weight is 366 g/mol. The molecule has 0 radical (unpaired) electrons. The minimum Gasteiger partial charge on any atom is -0.337 e. The summed E-state index contributed by atoms with van der Waals surface area (Å²) in [7, 11) is 0. The van der Waals surface area contributed by atoms with Crippen molar-refractivity contribution in [3.05, 3.63) is 90.5 Å². The quantitative estimate of drug-likeness (QED) is 0.551. The van der Waals surface area contributed by atoms with E-state index in [-0.39, 0.29) is 5.91 Å². The van der Waals surface area contributed by atoms with Crippen molar-refractivity contribution in [1.29, 1.82) is 0 Å². The molecule has 1 amide bonds. The minimum absolute atomic E-state index is 0.0379. The number of hydrogen-bond donors (Lipinski definition) is 0. The largest absolute Gasteiger partial charge is 0.337 e. The minimum atomic E-state index is 0.0379. The van der Waals surface area contributed by atoms with Crippen molar-refractivity contribution in [3.63, 3.8) is 0 Å². The molecule has 0 saturated carbocycles. The highest BCUT2D eigenvalue weighted by atomic mass is 16.2. The normalized spacial score (nSPS) is 14.1. The molecular formula is C23H18N4O. The molecule has 0 spiro atoms. The topological polar surface area (TPSA) is 59.0 Å². The number of amides is 1. The van der Waals surface area contributed by atoms with Gasteiger partial charge in [-0.05, 0) is 36.4 Å². The zero-order valence-electron chi connectivity index (χ0n) is 15.2. The third kappa shape index (κ3) is 2.91. The fraction of sp³-hybridized carbons (Fsp3) is 0.130. The molecule has 1 fully saturated rings. The molecule has 1 aromatic carbocycles. The molecule has 1 saturated heterocycles. The number of benzene rings is 1. The number of para-hydroxylation sites is 1. The molecular weight excluding hydrogens is 348 g/mol. The van der Waals surface area contributed by atoms with Crippen molar-refractivity contribution < 1.29 is 4.79 Å². The number of hydrogen-bond acceptors (Lipinski definition) is 4. The molecule has 4 heterocycles. The predicted molar refractivity (Wildman–Crippen MR) is 108 cm³/mol. The smallest absolute Gasteiger partial charge is 0.254 e. The van der Waals surface area contributed by atoms with Gasteiger partial charge in [0.2, 0.25) is 0 Å². The van der Waals surface area contributed by atoms with Gasteiger partial charge >= 0.3 is 0 Å². The Morgan fingerprint density at radius 3 is 2.61 bits per heavy atom. The van der Waals surface area contributed by atoms with Gasteiger partial charge in [-0.2, -0.15) is 0 Å². The van der Waals surface area contributed by atoms with E-state index in [1.807, 2.05) is 65.6 Å². The van der Waals surface area contributed by atoms with E-state index in [9.17, 15) is 4.79 Å². The Morgan fingerprint density at radius 2 is 1.82 bits per heavy atom. The van der Waals surface area contributed by atoms with Crippen LogP contribution >= 0.6 is 0 Å². The van der Waals surface area contributed by atoms with Crippen molar-refractivity contribution >= 4 is 16.8 Å². The molecule has 0 aliphatic carbocycles. The van der Waals surface area contributed by atoms with Gasteiger partial charge in [-0.25, -0.2) is 4.98 Å². The van der Waals surface area contributed by atoms with Gasteiger partial charge < -0.3 is 4.90 Å². The van der Waals surface area contributed by atoms with Crippen molar-refractivity contribution in [2.24, 2.45) is 0 Å². The van der Waals surface area contributed by atoms with Gasteiger partial charge in [-0.15, -0.1) is 0 Å². The summed E-state index contributed by atoms with van der Waals surface area (Å²) in [5.41, 5.74) is 4.20. The monoisotopic (exact) mass is 366 g/mol. The maximum absolute atomic E-state index is 13.3. The van der Waals surface area contributed by atoms with Crippen LogP contribution in [0.1, 0.15) is 22.0 Å². The molecule has 1 aliphatic rings. The number of likely N-dealkylation sites (tertiary alicyclic amines) is 1. The summed E-state index contributed by atoms with van der Waals surface area (Å²) in [6.07, 6.45) is 5.30. The lowest BCUT2D eigenvalue weighted by molar-refractivity contribution is 0.0601. The number of carbonyl (C=O) groups excluding carboxylic acids is 1. The first-order valence-electron chi connectivity index (χ1n) is 9.30. The first-order valence-corrected chi connectivity index (χ1v) is 9.30. The average Bonchev–Trinajstić information content (AvgIpc) is 2.73. The van der Waals surface area contributed by atoms with E-state index in [2.05, 4.69) is 9.97 Å². The van der Waals surface area contributed by atoms with E-state index in [1.54, 1.807) is 18.6 Å². The Morgan fingerprint density at radius 1 is 0.964 bits per heavy atom. The van der Waals surface area contributed by atoms with E-state index >= 15 is 0 Å². The summed E-state index contributed by atoms with van der Waals surface area (Å²) in [6, 6.07) is 19.4. The van der Waals surface area contributed by atoms with Crippen LogP contribution in [0.4, 0.5) is 0 Å². The first-order chi connectivity index (χ1) is 13.8. The van der Waals surface area contributed by atoms with E-state index in [0.717, 1.165) is 27.9 Å². The molecule has 28 heavy (non-hydrogen) atoms. The molecule has 4 aromatic rings. The van der Waals surface area contributed by atoms with Crippen LogP contribution in [0.25, 0.3) is 22.2 Å². The number of aromatic nitrogens is 3. The predicted octanol–water partition coefficient (Wildman–Crippen LogP) is 3.93. The zero-order chi connectivity index (χ0) is 18.9. The number of rotatable bonds is 3. The molecule has 0 N–H and O–H groups in total. The van der Waals surface area contributed by atoms with Gasteiger partial charge in [0.15, 0.2) is 0 Å². The van der Waals surface area contributed by atoms with Crippen molar-refractivity contribution in [3.8, 4) is 11.3 Å². The Balaban J connectivity index is 1.49. The fourth-order valence-electron chi connectivity index (χ4n) is 3.63. The van der Waals surface area contributed by atoms with Gasteiger partial charge in [0.25, 0.3) is 5.91 Å². The second-order valence-electron chi connectivity index (χ2n) is 6.98. The van der Waals surface area contributed by atoms with Gasteiger partial charge in [0.05, 0.1) is 16.8 Å². The number of fused-ring (bicyclic) bond motifs is 1. The second-order valence-corrected chi connectivity index (χ2v) is 6.98. The molecule has 0 atom stereocenters. The summed E-state index contributed by atoms with van der Waals surface area (Å²) >= 11 is 0. The maximum atomic E-state index is 13.3. The van der Waals surface area contributed by atoms with Crippen LogP contribution in [0, 0.1) is 0 Å². The van der Waals surface area contributed by atoms with Crippen LogP contribution in [-0.4, -0.2) is 38.8 Å². The van der Waals surface area contributed by atoms with Gasteiger partial charge in [0.1, 0.15) is 0 Å². The zero-order valence-corrected chi connectivity index (χ0v) is 15.2. The van der Waals surface area contributed by atoms with E-state index < -0.39 is 0 Å². The van der Waals surface area contributed by atoms with Gasteiger partial charge in [-0.3, -0.25) is 14.8 Å². The Bertz CT molecular complexity index is 1140. The highest BCUT2D eigenvalue weighted by molar-refractivity contribution is 6.07. The van der Waals surface area contributed by atoms with Crippen molar-refractivity contribution in [2.75, 3.05) is 13.1 Å². The third-order valence-electron chi connectivity index (χ3n) is 5.18. The lowest BCUT2D eigenvalue weighted by Crippen LogP contribution is -2.48. The highest BCUT2D eigenvalue weighted by Gasteiger charge is 2.33. The van der Waals surface area contributed by atoms with Gasteiger partial charge in [-0.1, -0.05) is 24.3 Å². The highest BCUT2D eigenvalue weighted by Crippen LogP contribution is 2.30. The van der Waals surface area contributed by atoms with Crippen LogP contribution in [0.5, 0.6) is 0 Å². The van der Waals surface area contributed by atoms with Crippen molar-refractivity contribution in [2.45, 2.75) is 5.92 Å². The van der Waals surface area contributed by atoms with Crippen LogP contribution < -0.4 is 0 Å². The standard InChI is InChI=1S/C23H18N4O/c28-23(27-14-17(15-27)20-8-3-4-11-25-20)19-12-22(16-6-5-10-24-13-16)26-21-9-2-1-7-18(19)21/h1-13,17H,14-15H2. The fourth-order valence-corrected chi connectivity index (χ4v) is 3.63. The molecule has 0 bridgehead atoms. The number of carbonyl (C=O) groups is 1. The van der Waals surface area contributed by atoms with Crippen molar-refractivity contribution in [1.82, 2.24) is 19.9 Å². The van der Waals surface area contributed by atoms with Crippen LogP contribution in [-0.2, 0) is 0 Å². The van der Waals surface area contributed by atoms with E-state index in [0.29, 0.717) is 24.6 Å². The first kappa shape index (κ1) is 16.6. The van der Waals surface area contributed by atoms with Crippen LogP contribution in [0.3, 0.4) is 0 Å². The van der Waals surface area contributed by atoms with E-state index in [4.69, 9.17) is 4.98 Å².